The third kappa shape index (κ3) is 2.05. The summed E-state index contributed by atoms with van der Waals surface area (Å²) in [4.78, 5) is 4.25. The van der Waals surface area contributed by atoms with E-state index in [1.165, 1.54) is 6.07 Å². The Balaban J connectivity index is 1.93. The first-order valence-electron chi connectivity index (χ1n) is 6.40. The minimum Gasteiger partial charge on any atom is -0.440 e. The second-order valence-electron chi connectivity index (χ2n) is 5.23. The quantitative estimate of drug-likeness (QED) is 0.796. The lowest BCUT2D eigenvalue weighted by Crippen LogP contribution is -1.92. The molecule has 1 fully saturated rings. The number of hydrogen-bond acceptors (Lipinski definition) is 2. The molecule has 0 radical (unpaired) electrons. The van der Waals surface area contributed by atoms with Gasteiger partial charge in [0.1, 0.15) is 5.82 Å². The Bertz CT molecular complexity index is 570. The van der Waals surface area contributed by atoms with Crippen molar-refractivity contribution >= 4 is 0 Å². The lowest BCUT2D eigenvalue weighted by molar-refractivity contribution is 0.508. The van der Waals surface area contributed by atoms with Crippen molar-refractivity contribution in [3.63, 3.8) is 0 Å². The normalized spacial score (nSPS) is 15.3. The molecule has 2 aromatic rings. The van der Waals surface area contributed by atoms with Crippen molar-refractivity contribution in [1.29, 1.82) is 0 Å². The summed E-state index contributed by atoms with van der Waals surface area (Å²) in [6.45, 7) is 3.97. The zero-order chi connectivity index (χ0) is 12.7. The molecule has 3 rings (SSSR count). The molecule has 1 aromatic heterocycles. The average Bonchev–Trinajstić information content (AvgIpc) is 3.06. The number of halogens is 1. The van der Waals surface area contributed by atoms with Gasteiger partial charge in [-0.2, -0.15) is 0 Å². The fourth-order valence-corrected chi connectivity index (χ4v) is 2.09. The summed E-state index contributed by atoms with van der Waals surface area (Å²) in [6.07, 6.45) is 4.00. The van der Waals surface area contributed by atoms with E-state index in [9.17, 15) is 4.39 Å². The largest absolute Gasteiger partial charge is 0.440 e. The third-order valence-corrected chi connectivity index (χ3v) is 3.36. The third-order valence-electron chi connectivity index (χ3n) is 3.36. The molecule has 0 spiro atoms. The molecule has 1 aromatic carbocycles. The fraction of sp³-hybridized carbons (Fsp3) is 0.400. The van der Waals surface area contributed by atoms with Gasteiger partial charge in [-0.1, -0.05) is 26.0 Å². The number of rotatable bonds is 3. The highest BCUT2D eigenvalue weighted by Crippen LogP contribution is 2.40. The van der Waals surface area contributed by atoms with Gasteiger partial charge >= 0.3 is 0 Å². The van der Waals surface area contributed by atoms with E-state index in [0.717, 1.165) is 29.9 Å². The van der Waals surface area contributed by atoms with Crippen molar-refractivity contribution in [3.05, 3.63) is 41.7 Å². The van der Waals surface area contributed by atoms with Crippen LogP contribution in [0.25, 0.3) is 11.3 Å². The van der Waals surface area contributed by atoms with E-state index in [0.29, 0.717) is 11.7 Å². The maximum absolute atomic E-state index is 13.9. The topological polar surface area (TPSA) is 26.0 Å². The van der Waals surface area contributed by atoms with Crippen molar-refractivity contribution in [2.45, 2.75) is 38.5 Å². The fourth-order valence-electron chi connectivity index (χ4n) is 2.09. The van der Waals surface area contributed by atoms with Crippen LogP contribution in [0.1, 0.15) is 50.0 Å². The van der Waals surface area contributed by atoms with Gasteiger partial charge in [0, 0.05) is 11.5 Å². The van der Waals surface area contributed by atoms with Crippen LogP contribution < -0.4 is 0 Å². The van der Waals surface area contributed by atoms with Crippen molar-refractivity contribution in [2.75, 3.05) is 0 Å². The van der Waals surface area contributed by atoms with Crippen molar-refractivity contribution < 1.29 is 8.81 Å². The molecule has 0 bridgehead atoms. The van der Waals surface area contributed by atoms with Crippen molar-refractivity contribution in [2.24, 2.45) is 0 Å². The SMILES string of the molecule is CC(C)c1ccc(-c2cnc(C3CC3)o2)cc1F. The maximum atomic E-state index is 13.9. The maximum Gasteiger partial charge on any atom is 0.198 e. The number of hydrogen-bond donors (Lipinski definition) is 0. The molecule has 1 aliphatic carbocycles. The summed E-state index contributed by atoms with van der Waals surface area (Å²) in [7, 11) is 0. The summed E-state index contributed by atoms with van der Waals surface area (Å²) in [5, 5.41) is 0. The van der Waals surface area contributed by atoms with Gasteiger partial charge in [-0.3, -0.25) is 0 Å². The van der Waals surface area contributed by atoms with Crippen LogP contribution in [0.3, 0.4) is 0 Å². The molecular formula is C15H16FNO. The Morgan fingerprint density at radius 3 is 2.72 bits per heavy atom. The van der Waals surface area contributed by atoms with Gasteiger partial charge in [-0.15, -0.1) is 0 Å². The molecule has 2 nitrogen and oxygen atoms in total. The Labute approximate surface area is 106 Å². The summed E-state index contributed by atoms with van der Waals surface area (Å²) in [6, 6.07) is 5.26. The standard InChI is InChI=1S/C15H16FNO/c1-9(2)12-6-5-11(7-13(12)16)14-8-17-15(18-14)10-3-4-10/h5-10H,3-4H2,1-2H3. The van der Waals surface area contributed by atoms with E-state index in [4.69, 9.17) is 4.42 Å². The van der Waals surface area contributed by atoms with Gasteiger partial charge in [0.15, 0.2) is 11.7 Å². The Morgan fingerprint density at radius 2 is 2.11 bits per heavy atom. The number of benzene rings is 1. The van der Waals surface area contributed by atoms with Crippen LogP contribution in [-0.4, -0.2) is 4.98 Å². The highest BCUT2D eigenvalue weighted by Gasteiger charge is 2.28. The predicted molar refractivity (Wildman–Crippen MR) is 68.0 cm³/mol. The summed E-state index contributed by atoms with van der Waals surface area (Å²) in [5.41, 5.74) is 1.50. The minimum absolute atomic E-state index is 0.174. The second kappa shape index (κ2) is 4.23. The van der Waals surface area contributed by atoms with Gasteiger partial charge < -0.3 is 4.42 Å². The van der Waals surface area contributed by atoms with E-state index in [-0.39, 0.29) is 11.7 Å². The average molecular weight is 245 g/mol. The molecule has 18 heavy (non-hydrogen) atoms. The van der Waals surface area contributed by atoms with E-state index in [1.807, 2.05) is 26.0 Å². The molecule has 0 atom stereocenters. The van der Waals surface area contributed by atoms with Crippen LogP contribution in [0.2, 0.25) is 0 Å². The molecule has 0 amide bonds. The van der Waals surface area contributed by atoms with Crippen LogP contribution >= 0.6 is 0 Å². The molecule has 1 aliphatic rings. The molecule has 0 unspecified atom stereocenters. The lowest BCUT2D eigenvalue weighted by atomic mass is 10.0. The van der Waals surface area contributed by atoms with Gasteiger partial charge in [0.05, 0.1) is 6.20 Å². The van der Waals surface area contributed by atoms with Gasteiger partial charge in [-0.25, -0.2) is 9.37 Å². The number of oxazole rings is 1. The van der Waals surface area contributed by atoms with E-state index in [2.05, 4.69) is 4.98 Å². The van der Waals surface area contributed by atoms with Crippen LogP contribution in [0.15, 0.2) is 28.8 Å². The second-order valence-corrected chi connectivity index (χ2v) is 5.23. The van der Waals surface area contributed by atoms with Gasteiger partial charge in [-0.05, 0) is 30.4 Å². The zero-order valence-electron chi connectivity index (χ0n) is 10.6. The molecule has 94 valence electrons. The minimum atomic E-state index is -0.174. The van der Waals surface area contributed by atoms with E-state index in [1.54, 1.807) is 6.20 Å². The van der Waals surface area contributed by atoms with Crippen molar-refractivity contribution in [3.8, 4) is 11.3 Å². The highest BCUT2D eigenvalue weighted by molar-refractivity contribution is 5.57. The molecule has 0 saturated heterocycles. The van der Waals surface area contributed by atoms with Crippen molar-refractivity contribution in [1.82, 2.24) is 4.98 Å². The Kier molecular flexibility index (Phi) is 2.69. The zero-order valence-corrected chi connectivity index (χ0v) is 10.6. The first kappa shape index (κ1) is 11.5. The molecule has 0 N–H and O–H groups in total. The van der Waals surface area contributed by atoms with Gasteiger partial charge in [0.25, 0.3) is 0 Å². The van der Waals surface area contributed by atoms with E-state index < -0.39 is 0 Å². The smallest absolute Gasteiger partial charge is 0.198 e. The van der Waals surface area contributed by atoms with Gasteiger partial charge in [0.2, 0.25) is 0 Å². The van der Waals surface area contributed by atoms with E-state index >= 15 is 0 Å². The Morgan fingerprint density at radius 1 is 1.33 bits per heavy atom. The molecule has 1 saturated carbocycles. The number of aromatic nitrogens is 1. The Hall–Kier alpha value is -1.64. The monoisotopic (exact) mass is 245 g/mol. The summed E-state index contributed by atoms with van der Waals surface area (Å²) < 4.78 is 19.6. The van der Waals surface area contributed by atoms with Crippen LogP contribution in [0, 0.1) is 5.82 Å². The van der Waals surface area contributed by atoms with Crippen LogP contribution in [0.5, 0.6) is 0 Å². The lowest BCUT2D eigenvalue weighted by Gasteiger charge is -2.07. The van der Waals surface area contributed by atoms with Crippen LogP contribution in [-0.2, 0) is 0 Å². The first-order valence-corrected chi connectivity index (χ1v) is 6.40. The highest BCUT2D eigenvalue weighted by atomic mass is 19.1. The molecular weight excluding hydrogens is 229 g/mol. The predicted octanol–water partition coefficient (Wildman–Crippen LogP) is 4.48. The van der Waals surface area contributed by atoms with Crippen LogP contribution in [0.4, 0.5) is 4.39 Å². The number of nitrogens with zero attached hydrogens (tertiary/aromatic N) is 1. The summed E-state index contributed by atoms with van der Waals surface area (Å²) >= 11 is 0. The summed E-state index contributed by atoms with van der Waals surface area (Å²) in [5.74, 6) is 1.95. The molecule has 0 aliphatic heterocycles. The molecule has 1 heterocycles. The first-order chi connectivity index (χ1) is 8.65. The molecule has 3 heteroatoms.